The Morgan fingerprint density at radius 2 is 1.95 bits per heavy atom. The third kappa shape index (κ3) is 2.69. The molecule has 0 amide bonds. The number of carbonyl (C=O) groups is 1. The lowest BCUT2D eigenvalue weighted by molar-refractivity contribution is 0.0698. The van der Waals surface area contributed by atoms with Crippen molar-refractivity contribution in [2.24, 2.45) is 5.73 Å². The molecule has 2 unspecified atom stereocenters. The Kier molecular flexibility index (Phi) is 3.75. The monoisotopic (exact) mass is 285 g/mol. The number of pyridine rings is 1. The SMILES string of the molecule is NC1CCCCC1Nc1ncc(C(=O)O)c2ccccc12. The molecule has 0 spiro atoms. The van der Waals surface area contributed by atoms with Crippen LogP contribution < -0.4 is 11.1 Å². The van der Waals surface area contributed by atoms with Crippen molar-refractivity contribution in [3.05, 3.63) is 36.0 Å². The first-order valence-corrected chi connectivity index (χ1v) is 7.30. The van der Waals surface area contributed by atoms with E-state index in [1.54, 1.807) is 0 Å². The number of benzene rings is 1. The molecular weight excluding hydrogens is 266 g/mol. The van der Waals surface area contributed by atoms with Crippen molar-refractivity contribution in [1.82, 2.24) is 4.98 Å². The molecule has 2 aromatic rings. The molecule has 0 radical (unpaired) electrons. The predicted molar refractivity (Wildman–Crippen MR) is 82.6 cm³/mol. The summed E-state index contributed by atoms with van der Waals surface area (Å²) in [5.74, 6) is -0.238. The molecule has 0 bridgehead atoms. The molecule has 1 aromatic heterocycles. The summed E-state index contributed by atoms with van der Waals surface area (Å²) in [6.07, 6.45) is 5.80. The van der Waals surface area contributed by atoms with Crippen molar-refractivity contribution in [2.75, 3.05) is 5.32 Å². The maximum atomic E-state index is 11.3. The van der Waals surface area contributed by atoms with Crippen LogP contribution in [-0.2, 0) is 0 Å². The lowest BCUT2D eigenvalue weighted by atomic mass is 9.91. The van der Waals surface area contributed by atoms with Crippen LogP contribution in [0.1, 0.15) is 36.0 Å². The Hall–Kier alpha value is -2.14. The number of hydrogen-bond acceptors (Lipinski definition) is 4. The van der Waals surface area contributed by atoms with Crippen LogP contribution in [0.2, 0.25) is 0 Å². The zero-order valence-corrected chi connectivity index (χ0v) is 11.7. The Balaban J connectivity index is 1.99. The van der Waals surface area contributed by atoms with Gasteiger partial charge in [-0.05, 0) is 12.8 Å². The smallest absolute Gasteiger partial charge is 0.337 e. The normalized spacial score (nSPS) is 22.1. The van der Waals surface area contributed by atoms with E-state index in [-0.39, 0.29) is 17.6 Å². The van der Waals surface area contributed by atoms with Gasteiger partial charge in [-0.1, -0.05) is 37.1 Å². The Labute approximate surface area is 123 Å². The molecule has 1 saturated carbocycles. The third-order valence-corrected chi connectivity index (χ3v) is 4.17. The number of aromatic carboxylic acids is 1. The topological polar surface area (TPSA) is 88.2 Å². The highest BCUT2D eigenvalue weighted by Gasteiger charge is 2.23. The van der Waals surface area contributed by atoms with Crippen LogP contribution in [0, 0.1) is 0 Å². The minimum atomic E-state index is -0.959. The number of anilines is 1. The minimum absolute atomic E-state index is 0.124. The average Bonchev–Trinajstić information content (AvgIpc) is 2.49. The lowest BCUT2D eigenvalue weighted by Crippen LogP contribution is -2.42. The molecule has 1 fully saturated rings. The van der Waals surface area contributed by atoms with E-state index >= 15 is 0 Å². The van der Waals surface area contributed by atoms with Crippen molar-refractivity contribution < 1.29 is 9.90 Å². The fourth-order valence-corrected chi connectivity index (χ4v) is 2.99. The van der Waals surface area contributed by atoms with Crippen molar-refractivity contribution in [3.8, 4) is 0 Å². The molecular formula is C16H19N3O2. The quantitative estimate of drug-likeness (QED) is 0.806. The number of carboxylic acid groups (broad SMARTS) is 1. The van der Waals surface area contributed by atoms with E-state index in [2.05, 4.69) is 10.3 Å². The number of hydrogen-bond donors (Lipinski definition) is 3. The zero-order chi connectivity index (χ0) is 14.8. The van der Waals surface area contributed by atoms with Gasteiger partial charge in [0.25, 0.3) is 0 Å². The Morgan fingerprint density at radius 1 is 1.24 bits per heavy atom. The molecule has 3 rings (SSSR count). The van der Waals surface area contributed by atoms with Crippen LogP contribution in [0.15, 0.2) is 30.5 Å². The van der Waals surface area contributed by atoms with Crippen molar-refractivity contribution in [2.45, 2.75) is 37.8 Å². The maximum absolute atomic E-state index is 11.3. The molecule has 1 aliphatic rings. The van der Waals surface area contributed by atoms with E-state index in [4.69, 9.17) is 5.73 Å². The van der Waals surface area contributed by atoms with Crippen molar-refractivity contribution in [1.29, 1.82) is 0 Å². The van der Waals surface area contributed by atoms with Crippen LogP contribution in [-0.4, -0.2) is 28.1 Å². The number of rotatable bonds is 3. The Morgan fingerprint density at radius 3 is 2.67 bits per heavy atom. The first kappa shape index (κ1) is 13.8. The van der Waals surface area contributed by atoms with Crippen LogP contribution >= 0.6 is 0 Å². The van der Waals surface area contributed by atoms with Crippen molar-refractivity contribution >= 4 is 22.6 Å². The third-order valence-electron chi connectivity index (χ3n) is 4.17. The highest BCUT2D eigenvalue weighted by atomic mass is 16.4. The van der Waals surface area contributed by atoms with Gasteiger partial charge in [0.05, 0.1) is 5.56 Å². The maximum Gasteiger partial charge on any atom is 0.337 e. The fraction of sp³-hybridized carbons (Fsp3) is 0.375. The largest absolute Gasteiger partial charge is 0.478 e. The summed E-state index contributed by atoms with van der Waals surface area (Å²) in [4.78, 5) is 15.6. The second-order valence-electron chi connectivity index (χ2n) is 5.57. The molecule has 5 nitrogen and oxygen atoms in total. The summed E-state index contributed by atoms with van der Waals surface area (Å²) in [5, 5.41) is 14.2. The van der Waals surface area contributed by atoms with Crippen LogP contribution in [0.4, 0.5) is 5.82 Å². The number of nitrogens with one attached hydrogen (secondary N) is 1. The van der Waals surface area contributed by atoms with E-state index < -0.39 is 5.97 Å². The van der Waals surface area contributed by atoms with Gasteiger partial charge in [-0.25, -0.2) is 9.78 Å². The Bertz CT molecular complexity index is 672. The molecule has 1 aromatic carbocycles. The highest BCUT2D eigenvalue weighted by Crippen LogP contribution is 2.27. The molecule has 2 atom stereocenters. The van der Waals surface area contributed by atoms with E-state index in [1.165, 1.54) is 12.6 Å². The minimum Gasteiger partial charge on any atom is -0.478 e. The molecule has 0 saturated heterocycles. The van der Waals surface area contributed by atoms with Gasteiger partial charge < -0.3 is 16.2 Å². The van der Waals surface area contributed by atoms with Gasteiger partial charge >= 0.3 is 5.97 Å². The summed E-state index contributed by atoms with van der Waals surface area (Å²) in [6.45, 7) is 0. The van der Waals surface area contributed by atoms with Crippen LogP contribution in [0.5, 0.6) is 0 Å². The molecule has 4 N–H and O–H groups in total. The molecule has 1 aliphatic carbocycles. The first-order valence-electron chi connectivity index (χ1n) is 7.30. The summed E-state index contributed by atoms with van der Waals surface area (Å²) in [7, 11) is 0. The van der Waals surface area contributed by atoms with E-state index in [0.29, 0.717) is 5.39 Å². The highest BCUT2D eigenvalue weighted by molar-refractivity contribution is 6.06. The van der Waals surface area contributed by atoms with Gasteiger partial charge in [0.2, 0.25) is 0 Å². The summed E-state index contributed by atoms with van der Waals surface area (Å²) in [6, 6.07) is 7.76. The number of carboxylic acids is 1. The van der Waals surface area contributed by atoms with Gasteiger partial charge in [0, 0.05) is 29.1 Å². The fourth-order valence-electron chi connectivity index (χ4n) is 2.99. The summed E-state index contributed by atoms with van der Waals surface area (Å²) in [5.41, 5.74) is 6.39. The number of fused-ring (bicyclic) bond motifs is 1. The molecule has 5 heteroatoms. The second kappa shape index (κ2) is 5.69. The van der Waals surface area contributed by atoms with Gasteiger partial charge in [-0.3, -0.25) is 0 Å². The number of nitrogens with zero attached hydrogens (tertiary/aromatic N) is 1. The predicted octanol–water partition coefficient (Wildman–Crippen LogP) is 2.61. The van der Waals surface area contributed by atoms with Gasteiger partial charge in [-0.2, -0.15) is 0 Å². The standard InChI is InChI=1S/C16H19N3O2/c17-13-7-3-4-8-14(13)19-15-11-6-2-1-5-10(11)12(9-18-15)16(20)21/h1-2,5-6,9,13-14H,3-4,7-8,17H2,(H,18,19)(H,20,21). The number of aromatic nitrogens is 1. The van der Waals surface area contributed by atoms with E-state index in [0.717, 1.165) is 30.5 Å². The molecule has 21 heavy (non-hydrogen) atoms. The average molecular weight is 285 g/mol. The summed E-state index contributed by atoms with van der Waals surface area (Å²) >= 11 is 0. The second-order valence-corrected chi connectivity index (χ2v) is 5.57. The van der Waals surface area contributed by atoms with Gasteiger partial charge in [0.1, 0.15) is 5.82 Å². The van der Waals surface area contributed by atoms with Crippen molar-refractivity contribution in [3.63, 3.8) is 0 Å². The van der Waals surface area contributed by atoms with Crippen LogP contribution in [0.3, 0.4) is 0 Å². The van der Waals surface area contributed by atoms with E-state index in [1.807, 2.05) is 24.3 Å². The van der Waals surface area contributed by atoms with E-state index in [9.17, 15) is 9.90 Å². The lowest BCUT2D eigenvalue weighted by Gasteiger charge is -2.30. The molecule has 110 valence electrons. The first-order chi connectivity index (χ1) is 10.2. The molecule has 1 heterocycles. The zero-order valence-electron chi connectivity index (χ0n) is 11.7. The number of nitrogens with two attached hydrogens (primary N) is 1. The molecule has 0 aliphatic heterocycles. The van der Waals surface area contributed by atoms with Gasteiger partial charge in [-0.15, -0.1) is 0 Å². The van der Waals surface area contributed by atoms with Crippen LogP contribution in [0.25, 0.3) is 10.8 Å². The van der Waals surface area contributed by atoms with Gasteiger partial charge in [0.15, 0.2) is 0 Å². The summed E-state index contributed by atoms with van der Waals surface area (Å²) < 4.78 is 0.